The number of likely N-dealkylation sites (tertiary alicyclic amines) is 1. The van der Waals surface area contributed by atoms with Crippen LogP contribution in [0.5, 0.6) is 0 Å². The fourth-order valence-electron chi connectivity index (χ4n) is 2.67. The highest BCUT2D eigenvalue weighted by atomic mass is 16.3. The molecule has 0 spiro atoms. The second kappa shape index (κ2) is 7.58. The molecule has 0 aromatic carbocycles. The Morgan fingerprint density at radius 3 is 2.68 bits per heavy atom. The van der Waals surface area contributed by atoms with Gasteiger partial charge < -0.3 is 15.3 Å². The molecule has 0 saturated carbocycles. The summed E-state index contributed by atoms with van der Waals surface area (Å²) in [5.74, 6) is 0.770. The van der Waals surface area contributed by atoms with Gasteiger partial charge in [0.1, 0.15) is 0 Å². The van der Waals surface area contributed by atoms with Crippen molar-refractivity contribution in [3.8, 4) is 0 Å². The van der Waals surface area contributed by atoms with Crippen LogP contribution in [0.25, 0.3) is 0 Å². The maximum absolute atomic E-state index is 9.38. The lowest BCUT2D eigenvalue weighted by molar-refractivity contribution is 0.0998. The summed E-state index contributed by atoms with van der Waals surface area (Å²) in [6.07, 6.45) is 5.94. The molecule has 1 saturated heterocycles. The molecule has 19 heavy (non-hydrogen) atoms. The standard InChI is InChI=1S/C15H25N3O/c1-13(19)12-18-8-4-15(5-9-18)11-17-10-14-2-6-16-7-3-14/h2-3,6-7,13,15,17,19H,4-5,8-12H2,1H3/t13-/m0/s1. The van der Waals surface area contributed by atoms with Crippen molar-refractivity contribution in [2.45, 2.75) is 32.4 Å². The fourth-order valence-corrected chi connectivity index (χ4v) is 2.67. The van der Waals surface area contributed by atoms with Crippen LogP contribution in [-0.2, 0) is 6.54 Å². The number of hydrogen-bond donors (Lipinski definition) is 2. The largest absolute Gasteiger partial charge is 0.392 e. The maximum Gasteiger partial charge on any atom is 0.0639 e. The van der Waals surface area contributed by atoms with E-state index in [0.29, 0.717) is 0 Å². The number of aromatic nitrogens is 1. The molecule has 2 rings (SSSR count). The fraction of sp³-hybridized carbons (Fsp3) is 0.667. The van der Waals surface area contributed by atoms with Crippen LogP contribution in [0.3, 0.4) is 0 Å². The van der Waals surface area contributed by atoms with E-state index in [1.807, 2.05) is 19.3 Å². The minimum absolute atomic E-state index is 0.207. The van der Waals surface area contributed by atoms with Crippen molar-refractivity contribution in [2.24, 2.45) is 5.92 Å². The highest BCUT2D eigenvalue weighted by Gasteiger charge is 2.19. The second-order valence-electron chi connectivity index (χ2n) is 5.58. The molecule has 106 valence electrons. The zero-order valence-electron chi connectivity index (χ0n) is 11.8. The van der Waals surface area contributed by atoms with Gasteiger partial charge in [0.2, 0.25) is 0 Å². The predicted octanol–water partition coefficient (Wildman–Crippen LogP) is 1.26. The predicted molar refractivity (Wildman–Crippen MR) is 76.8 cm³/mol. The Morgan fingerprint density at radius 2 is 2.05 bits per heavy atom. The second-order valence-corrected chi connectivity index (χ2v) is 5.58. The van der Waals surface area contributed by atoms with Crippen molar-refractivity contribution in [3.63, 3.8) is 0 Å². The van der Waals surface area contributed by atoms with E-state index in [4.69, 9.17) is 0 Å². The van der Waals surface area contributed by atoms with Gasteiger partial charge in [-0.15, -0.1) is 0 Å². The van der Waals surface area contributed by atoms with E-state index in [1.165, 1.54) is 18.4 Å². The first-order chi connectivity index (χ1) is 9.24. The Kier molecular flexibility index (Phi) is 5.76. The van der Waals surface area contributed by atoms with E-state index in [9.17, 15) is 5.11 Å². The molecule has 0 radical (unpaired) electrons. The maximum atomic E-state index is 9.38. The first-order valence-corrected chi connectivity index (χ1v) is 7.24. The number of rotatable bonds is 6. The van der Waals surface area contributed by atoms with Gasteiger partial charge in [0.25, 0.3) is 0 Å². The highest BCUT2D eigenvalue weighted by molar-refractivity contribution is 5.08. The van der Waals surface area contributed by atoms with E-state index in [2.05, 4.69) is 27.3 Å². The summed E-state index contributed by atoms with van der Waals surface area (Å²) in [6, 6.07) is 4.11. The smallest absolute Gasteiger partial charge is 0.0639 e. The monoisotopic (exact) mass is 263 g/mol. The quantitative estimate of drug-likeness (QED) is 0.811. The van der Waals surface area contributed by atoms with Gasteiger partial charge in [-0.2, -0.15) is 0 Å². The first kappa shape index (κ1) is 14.4. The van der Waals surface area contributed by atoms with Crippen LogP contribution in [0.15, 0.2) is 24.5 Å². The molecule has 4 heteroatoms. The molecule has 0 amide bonds. The van der Waals surface area contributed by atoms with Crippen molar-refractivity contribution >= 4 is 0 Å². The molecule has 1 aromatic rings. The molecular weight excluding hydrogens is 238 g/mol. The first-order valence-electron chi connectivity index (χ1n) is 7.24. The zero-order chi connectivity index (χ0) is 13.5. The Hall–Kier alpha value is -0.970. The van der Waals surface area contributed by atoms with Gasteiger partial charge in [-0.05, 0) is 63.0 Å². The molecular formula is C15H25N3O. The molecule has 0 unspecified atom stereocenters. The minimum Gasteiger partial charge on any atom is -0.392 e. The number of nitrogens with zero attached hydrogens (tertiary/aromatic N) is 2. The molecule has 1 fully saturated rings. The Balaban J connectivity index is 1.61. The van der Waals surface area contributed by atoms with Crippen molar-refractivity contribution < 1.29 is 5.11 Å². The Bertz CT molecular complexity index is 348. The normalized spacial score (nSPS) is 19.5. The SMILES string of the molecule is C[C@H](O)CN1CCC(CNCc2ccncc2)CC1. The third kappa shape index (κ3) is 5.27. The van der Waals surface area contributed by atoms with Crippen molar-refractivity contribution in [2.75, 3.05) is 26.2 Å². The number of pyridine rings is 1. The highest BCUT2D eigenvalue weighted by Crippen LogP contribution is 2.16. The summed E-state index contributed by atoms with van der Waals surface area (Å²) in [4.78, 5) is 6.39. The van der Waals surface area contributed by atoms with E-state index in [1.54, 1.807) is 0 Å². The van der Waals surface area contributed by atoms with Gasteiger partial charge in [0, 0.05) is 25.5 Å². The zero-order valence-corrected chi connectivity index (χ0v) is 11.8. The Morgan fingerprint density at radius 1 is 1.37 bits per heavy atom. The number of hydrogen-bond acceptors (Lipinski definition) is 4. The molecule has 4 nitrogen and oxygen atoms in total. The molecule has 1 aromatic heterocycles. The number of piperidine rings is 1. The summed E-state index contributed by atoms with van der Waals surface area (Å²) >= 11 is 0. The van der Waals surface area contributed by atoms with Gasteiger partial charge in [0.05, 0.1) is 6.10 Å². The number of β-amino-alcohol motifs (C(OH)–C–C–N with tert-alkyl or cyclic N) is 1. The van der Waals surface area contributed by atoms with Gasteiger partial charge >= 0.3 is 0 Å². The number of aliphatic hydroxyl groups excluding tert-OH is 1. The summed E-state index contributed by atoms with van der Waals surface area (Å²) in [6.45, 7) is 6.93. The molecule has 2 N–H and O–H groups in total. The van der Waals surface area contributed by atoms with E-state index in [0.717, 1.165) is 38.6 Å². The molecule has 0 bridgehead atoms. The van der Waals surface area contributed by atoms with E-state index in [-0.39, 0.29) is 6.10 Å². The van der Waals surface area contributed by atoms with Crippen molar-refractivity contribution in [1.29, 1.82) is 0 Å². The molecule has 1 atom stereocenters. The average molecular weight is 263 g/mol. The van der Waals surface area contributed by atoms with Crippen LogP contribution >= 0.6 is 0 Å². The minimum atomic E-state index is -0.207. The van der Waals surface area contributed by atoms with E-state index < -0.39 is 0 Å². The Labute approximate surface area is 115 Å². The lowest BCUT2D eigenvalue weighted by Gasteiger charge is -2.32. The van der Waals surface area contributed by atoms with Gasteiger partial charge in [-0.3, -0.25) is 4.98 Å². The van der Waals surface area contributed by atoms with Crippen LogP contribution < -0.4 is 5.32 Å². The summed E-state index contributed by atoms with van der Waals surface area (Å²) in [5, 5.41) is 12.9. The topological polar surface area (TPSA) is 48.4 Å². The van der Waals surface area contributed by atoms with E-state index >= 15 is 0 Å². The molecule has 1 aliphatic heterocycles. The molecule has 0 aliphatic carbocycles. The van der Waals surface area contributed by atoms with Crippen molar-refractivity contribution in [1.82, 2.24) is 15.2 Å². The van der Waals surface area contributed by atoms with Crippen molar-refractivity contribution in [3.05, 3.63) is 30.1 Å². The van der Waals surface area contributed by atoms with Crippen LogP contribution in [0, 0.1) is 5.92 Å². The van der Waals surface area contributed by atoms with Gasteiger partial charge in [0.15, 0.2) is 0 Å². The number of aliphatic hydroxyl groups is 1. The van der Waals surface area contributed by atoms with Crippen LogP contribution in [0.4, 0.5) is 0 Å². The van der Waals surface area contributed by atoms with Gasteiger partial charge in [-0.1, -0.05) is 0 Å². The lowest BCUT2D eigenvalue weighted by Crippen LogP contribution is -2.40. The summed E-state index contributed by atoms with van der Waals surface area (Å²) in [7, 11) is 0. The summed E-state index contributed by atoms with van der Waals surface area (Å²) < 4.78 is 0. The van der Waals surface area contributed by atoms with Crippen LogP contribution in [0.1, 0.15) is 25.3 Å². The average Bonchev–Trinajstić information content (AvgIpc) is 2.41. The van der Waals surface area contributed by atoms with Crippen LogP contribution in [-0.4, -0.2) is 47.3 Å². The molecule has 1 aliphatic rings. The number of nitrogens with one attached hydrogen (secondary N) is 1. The summed E-state index contributed by atoms with van der Waals surface area (Å²) in [5.41, 5.74) is 1.29. The third-order valence-electron chi connectivity index (χ3n) is 3.74. The van der Waals surface area contributed by atoms with Gasteiger partial charge in [-0.25, -0.2) is 0 Å². The molecule has 2 heterocycles. The lowest BCUT2D eigenvalue weighted by atomic mass is 9.96. The third-order valence-corrected chi connectivity index (χ3v) is 3.74. The van der Waals surface area contributed by atoms with Crippen LogP contribution in [0.2, 0.25) is 0 Å².